The van der Waals surface area contributed by atoms with Crippen molar-refractivity contribution >= 4 is 0 Å². The van der Waals surface area contributed by atoms with E-state index in [1.165, 1.54) is 13.0 Å². The van der Waals surface area contributed by atoms with Crippen molar-refractivity contribution in [2.75, 3.05) is 0 Å². The van der Waals surface area contributed by atoms with Crippen molar-refractivity contribution in [3.8, 4) is 12.1 Å². The molecule has 0 aromatic carbocycles. The van der Waals surface area contributed by atoms with E-state index in [-0.39, 0.29) is 0 Å². The molecule has 0 amide bonds. The van der Waals surface area contributed by atoms with E-state index in [0.717, 1.165) is 0 Å². The van der Waals surface area contributed by atoms with Gasteiger partial charge in [-0.1, -0.05) is 6.08 Å². The predicted molar refractivity (Wildman–Crippen MR) is 29.5 cm³/mol. The molecule has 0 spiro atoms. The lowest BCUT2D eigenvalue weighted by Crippen LogP contribution is -2.03. The molecule has 0 aliphatic carbocycles. The van der Waals surface area contributed by atoms with Crippen LogP contribution >= 0.6 is 0 Å². The van der Waals surface area contributed by atoms with Crippen molar-refractivity contribution in [1.82, 2.24) is 0 Å². The first-order chi connectivity index (χ1) is 3.68. The van der Waals surface area contributed by atoms with Gasteiger partial charge >= 0.3 is 0 Å². The van der Waals surface area contributed by atoms with E-state index in [0.29, 0.717) is 0 Å². The number of nitrogens with zero attached hydrogens (tertiary/aromatic N) is 2. The Balaban J connectivity index is 4.34. The molecule has 0 rings (SSSR count). The van der Waals surface area contributed by atoms with E-state index in [9.17, 15) is 0 Å². The Hall–Kier alpha value is -1.28. The maximum atomic E-state index is 8.24. The molecule has 2 heteroatoms. The number of rotatable bonds is 1. The molecule has 0 heterocycles. The van der Waals surface area contributed by atoms with Crippen LogP contribution in [0.3, 0.4) is 0 Å². The molecule has 0 aliphatic rings. The smallest absolute Gasteiger partial charge is 0.158 e. The molecule has 40 valence electrons. The third-order valence-corrected chi connectivity index (χ3v) is 0.873. The van der Waals surface area contributed by atoms with Crippen LogP contribution in [0.1, 0.15) is 6.92 Å². The first-order valence-corrected chi connectivity index (χ1v) is 2.14. The van der Waals surface area contributed by atoms with E-state index < -0.39 is 5.41 Å². The van der Waals surface area contributed by atoms with Crippen LogP contribution in [0.2, 0.25) is 0 Å². The van der Waals surface area contributed by atoms with Gasteiger partial charge in [-0.15, -0.1) is 6.58 Å². The monoisotopic (exact) mass is 106 g/mol. The number of hydrogen-bond acceptors (Lipinski definition) is 2. The van der Waals surface area contributed by atoms with Gasteiger partial charge in [0.25, 0.3) is 0 Å². The molecule has 0 radical (unpaired) electrons. The summed E-state index contributed by atoms with van der Waals surface area (Å²) >= 11 is 0. The molecule has 0 aliphatic heterocycles. The zero-order valence-corrected chi connectivity index (χ0v) is 4.68. The van der Waals surface area contributed by atoms with E-state index >= 15 is 0 Å². The topological polar surface area (TPSA) is 47.6 Å². The number of hydrogen-bond donors (Lipinski definition) is 0. The minimum absolute atomic E-state index is 1.00. The zero-order chi connectivity index (χ0) is 6.62. The zero-order valence-electron chi connectivity index (χ0n) is 4.68. The van der Waals surface area contributed by atoms with Gasteiger partial charge in [0.2, 0.25) is 0 Å². The minimum atomic E-state index is -1.00. The van der Waals surface area contributed by atoms with Crippen LogP contribution in [0.4, 0.5) is 0 Å². The van der Waals surface area contributed by atoms with Gasteiger partial charge in [0.15, 0.2) is 5.41 Å². The number of nitriles is 2. The highest BCUT2D eigenvalue weighted by Crippen LogP contribution is 2.12. The highest BCUT2D eigenvalue weighted by Gasteiger charge is 2.16. The fourth-order valence-electron chi connectivity index (χ4n) is 0.116. The summed E-state index contributed by atoms with van der Waals surface area (Å²) in [4.78, 5) is 0. The van der Waals surface area contributed by atoms with Gasteiger partial charge in [0, 0.05) is 0 Å². The maximum absolute atomic E-state index is 8.24. The Morgan fingerprint density at radius 2 is 1.88 bits per heavy atom. The van der Waals surface area contributed by atoms with Crippen molar-refractivity contribution in [2.45, 2.75) is 6.92 Å². The molecule has 0 N–H and O–H groups in total. The summed E-state index contributed by atoms with van der Waals surface area (Å²) in [6, 6.07) is 3.60. The van der Waals surface area contributed by atoms with Gasteiger partial charge < -0.3 is 0 Å². The Labute approximate surface area is 48.7 Å². The fraction of sp³-hybridized carbons (Fsp3) is 0.333. The fourth-order valence-corrected chi connectivity index (χ4v) is 0.116. The quantitative estimate of drug-likeness (QED) is 0.472. The van der Waals surface area contributed by atoms with Crippen LogP contribution < -0.4 is 0 Å². The summed E-state index contributed by atoms with van der Waals surface area (Å²) in [6.45, 7) is 4.84. The van der Waals surface area contributed by atoms with Crippen LogP contribution in [0.15, 0.2) is 12.7 Å². The summed E-state index contributed by atoms with van der Waals surface area (Å²) in [5.74, 6) is 0. The molecule has 0 aromatic rings. The molecule has 2 nitrogen and oxygen atoms in total. The van der Waals surface area contributed by atoms with Crippen LogP contribution in [-0.4, -0.2) is 0 Å². The second kappa shape index (κ2) is 2.14. The SMILES string of the molecule is C=CC(C)(C#N)C#N. The third kappa shape index (κ3) is 1.10. The van der Waals surface area contributed by atoms with Crippen molar-refractivity contribution in [3.05, 3.63) is 12.7 Å². The summed E-state index contributed by atoms with van der Waals surface area (Å²) in [6.07, 6.45) is 1.33. The summed E-state index contributed by atoms with van der Waals surface area (Å²) in [5.41, 5.74) is -1.00. The molecular weight excluding hydrogens is 100 g/mol. The van der Waals surface area contributed by atoms with Gasteiger partial charge in [-0.25, -0.2) is 0 Å². The Morgan fingerprint density at radius 3 is 1.88 bits per heavy atom. The summed E-state index contributed by atoms with van der Waals surface area (Å²) in [7, 11) is 0. The van der Waals surface area contributed by atoms with Crippen molar-refractivity contribution in [1.29, 1.82) is 10.5 Å². The molecular formula is C6H6N2. The van der Waals surface area contributed by atoms with Crippen LogP contribution in [0.25, 0.3) is 0 Å². The predicted octanol–water partition coefficient (Wildman–Crippen LogP) is 1.23. The first kappa shape index (κ1) is 6.72. The van der Waals surface area contributed by atoms with Gasteiger partial charge in [-0.2, -0.15) is 10.5 Å². The minimum Gasteiger partial charge on any atom is -0.196 e. The number of allylic oxidation sites excluding steroid dienone is 1. The van der Waals surface area contributed by atoms with Gasteiger partial charge in [0.1, 0.15) is 0 Å². The molecule has 0 saturated carbocycles. The largest absolute Gasteiger partial charge is 0.196 e. The molecule has 8 heavy (non-hydrogen) atoms. The standard InChI is InChI=1S/C6H6N2/c1-3-6(2,4-7)5-8/h3H,1H2,2H3. The maximum Gasteiger partial charge on any atom is 0.158 e. The average Bonchev–Trinajstić information content (AvgIpc) is 1.87. The van der Waals surface area contributed by atoms with Crippen molar-refractivity contribution in [3.63, 3.8) is 0 Å². The third-order valence-electron chi connectivity index (χ3n) is 0.873. The highest BCUT2D eigenvalue weighted by atomic mass is 14.4. The molecule has 0 atom stereocenters. The van der Waals surface area contributed by atoms with Gasteiger partial charge in [0.05, 0.1) is 12.1 Å². The molecule has 0 unspecified atom stereocenters. The van der Waals surface area contributed by atoms with Gasteiger partial charge in [-0.05, 0) is 6.92 Å². The second-order valence-corrected chi connectivity index (χ2v) is 1.63. The summed E-state index contributed by atoms with van der Waals surface area (Å²) in [5, 5.41) is 16.5. The molecule has 0 fully saturated rings. The second-order valence-electron chi connectivity index (χ2n) is 1.63. The average molecular weight is 106 g/mol. The normalized spacial score (nSPS) is 8.88. The van der Waals surface area contributed by atoms with Crippen molar-refractivity contribution in [2.24, 2.45) is 5.41 Å². The van der Waals surface area contributed by atoms with Crippen LogP contribution in [-0.2, 0) is 0 Å². The van der Waals surface area contributed by atoms with Gasteiger partial charge in [-0.3, -0.25) is 0 Å². The first-order valence-electron chi connectivity index (χ1n) is 2.14. The van der Waals surface area contributed by atoms with E-state index in [1.54, 1.807) is 12.1 Å². The van der Waals surface area contributed by atoms with Crippen molar-refractivity contribution < 1.29 is 0 Å². The Kier molecular flexibility index (Phi) is 1.80. The molecule has 0 aromatic heterocycles. The molecule has 0 bridgehead atoms. The highest BCUT2D eigenvalue weighted by molar-refractivity contribution is 5.19. The molecule has 0 saturated heterocycles. The van der Waals surface area contributed by atoms with Crippen LogP contribution in [0, 0.1) is 28.1 Å². The van der Waals surface area contributed by atoms with E-state index in [2.05, 4.69) is 6.58 Å². The Bertz CT molecular complexity index is 154. The van der Waals surface area contributed by atoms with Crippen LogP contribution in [0.5, 0.6) is 0 Å². The lowest BCUT2D eigenvalue weighted by atomic mass is 9.96. The lowest BCUT2D eigenvalue weighted by Gasteiger charge is -2.00. The van der Waals surface area contributed by atoms with E-state index in [1.807, 2.05) is 0 Å². The van der Waals surface area contributed by atoms with E-state index in [4.69, 9.17) is 10.5 Å². The lowest BCUT2D eigenvalue weighted by molar-refractivity contribution is 0.756. The summed E-state index contributed by atoms with van der Waals surface area (Å²) < 4.78 is 0. The Morgan fingerprint density at radius 1 is 1.50 bits per heavy atom.